The Morgan fingerprint density at radius 1 is 1.37 bits per heavy atom. The molecule has 27 heavy (non-hydrogen) atoms. The third-order valence-corrected chi connectivity index (χ3v) is 5.57. The lowest BCUT2D eigenvalue weighted by Crippen LogP contribution is -2.41. The maximum atomic E-state index is 12.8. The normalized spacial score (nSPS) is 20.6. The molecule has 1 saturated heterocycles. The van der Waals surface area contributed by atoms with Gasteiger partial charge in [0, 0.05) is 58.1 Å². The van der Waals surface area contributed by atoms with Crippen LogP contribution >= 0.6 is 0 Å². The van der Waals surface area contributed by atoms with Crippen molar-refractivity contribution in [2.75, 3.05) is 33.0 Å². The molecule has 1 unspecified atom stereocenters. The van der Waals surface area contributed by atoms with Crippen molar-refractivity contribution >= 4 is 5.91 Å². The fourth-order valence-electron chi connectivity index (χ4n) is 4.00. The van der Waals surface area contributed by atoms with Crippen LogP contribution in [-0.2, 0) is 23.1 Å². The molecule has 7 nitrogen and oxygen atoms in total. The second-order valence-electron chi connectivity index (χ2n) is 7.57. The van der Waals surface area contributed by atoms with Crippen LogP contribution in [0.15, 0.2) is 30.7 Å². The van der Waals surface area contributed by atoms with E-state index < -0.39 is 0 Å². The number of aryl methyl sites for hydroxylation is 1. The number of hydrogen-bond donors (Lipinski definition) is 0. The van der Waals surface area contributed by atoms with Crippen molar-refractivity contribution < 1.29 is 14.3 Å². The van der Waals surface area contributed by atoms with Crippen LogP contribution in [0.2, 0.25) is 0 Å². The molecular formula is C20H28N4O3. The molecule has 2 aromatic heterocycles. The van der Waals surface area contributed by atoms with Gasteiger partial charge in [0.2, 0.25) is 0 Å². The second-order valence-corrected chi connectivity index (χ2v) is 7.57. The number of amides is 1. The van der Waals surface area contributed by atoms with Crippen LogP contribution in [0.25, 0.3) is 0 Å². The highest BCUT2D eigenvalue weighted by molar-refractivity contribution is 5.93. The molecule has 146 valence electrons. The number of carbonyl (C=O) groups excluding carboxylic acids is 1. The Balaban J connectivity index is 1.34. The second kappa shape index (κ2) is 8.27. The van der Waals surface area contributed by atoms with E-state index in [2.05, 4.69) is 28.0 Å². The van der Waals surface area contributed by atoms with Gasteiger partial charge in [-0.3, -0.25) is 9.48 Å². The van der Waals surface area contributed by atoms with Crippen molar-refractivity contribution in [2.24, 2.45) is 13.0 Å². The number of ether oxygens (including phenoxy) is 2. The number of nitrogens with zero attached hydrogens (tertiary/aromatic N) is 4. The van der Waals surface area contributed by atoms with Gasteiger partial charge >= 0.3 is 0 Å². The van der Waals surface area contributed by atoms with Gasteiger partial charge in [-0.05, 0) is 37.3 Å². The Labute approximate surface area is 159 Å². The summed E-state index contributed by atoms with van der Waals surface area (Å²) in [6.07, 6.45) is 8.63. The molecule has 1 atom stereocenters. The summed E-state index contributed by atoms with van der Waals surface area (Å²) >= 11 is 0. The number of aromatic nitrogens is 3. The van der Waals surface area contributed by atoms with Crippen molar-refractivity contribution in [1.29, 1.82) is 0 Å². The number of hydrogen-bond acceptors (Lipinski definition) is 4. The summed E-state index contributed by atoms with van der Waals surface area (Å²) in [4.78, 5) is 14.8. The van der Waals surface area contributed by atoms with Crippen LogP contribution in [0.3, 0.4) is 0 Å². The fourth-order valence-corrected chi connectivity index (χ4v) is 4.00. The Morgan fingerprint density at radius 2 is 2.22 bits per heavy atom. The number of rotatable bonds is 6. The van der Waals surface area contributed by atoms with E-state index >= 15 is 0 Å². The smallest absolute Gasteiger partial charge is 0.257 e. The zero-order chi connectivity index (χ0) is 18.6. The van der Waals surface area contributed by atoms with Crippen LogP contribution in [0.4, 0.5) is 0 Å². The molecule has 4 rings (SSSR count). The Kier molecular flexibility index (Phi) is 5.59. The summed E-state index contributed by atoms with van der Waals surface area (Å²) < 4.78 is 15.3. The quantitative estimate of drug-likeness (QED) is 0.730. The van der Waals surface area contributed by atoms with Gasteiger partial charge in [0.15, 0.2) is 0 Å². The molecule has 0 saturated carbocycles. The minimum atomic E-state index is 0.0451. The van der Waals surface area contributed by atoms with E-state index in [1.54, 1.807) is 17.1 Å². The lowest BCUT2D eigenvalue weighted by molar-refractivity contribution is 0.0161. The first-order chi connectivity index (χ1) is 13.2. The molecule has 7 heteroatoms. The van der Waals surface area contributed by atoms with Gasteiger partial charge in [0.05, 0.1) is 24.3 Å². The Morgan fingerprint density at radius 3 is 3.00 bits per heavy atom. The van der Waals surface area contributed by atoms with Crippen LogP contribution in [0, 0.1) is 5.92 Å². The van der Waals surface area contributed by atoms with E-state index in [0.29, 0.717) is 31.2 Å². The summed E-state index contributed by atoms with van der Waals surface area (Å²) in [5.74, 6) is 0.666. The predicted octanol–water partition coefficient (Wildman–Crippen LogP) is 2.25. The van der Waals surface area contributed by atoms with Crippen LogP contribution in [0.1, 0.15) is 41.4 Å². The molecule has 2 aromatic rings. The zero-order valence-electron chi connectivity index (χ0n) is 15.9. The highest BCUT2D eigenvalue weighted by Gasteiger charge is 2.28. The van der Waals surface area contributed by atoms with E-state index in [1.165, 1.54) is 5.69 Å². The van der Waals surface area contributed by atoms with E-state index in [4.69, 9.17) is 9.47 Å². The highest BCUT2D eigenvalue weighted by Crippen LogP contribution is 2.26. The number of carbonyl (C=O) groups is 1. The van der Waals surface area contributed by atoms with Gasteiger partial charge in [-0.1, -0.05) is 0 Å². The van der Waals surface area contributed by atoms with Crippen LogP contribution < -0.4 is 0 Å². The molecule has 0 aromatic carbocycles. The largest absolute Gasteiger partial charge is 0.381 e. The first-order valence-corrected chi connectivity index (χ1v) is 9.80. The molecule has 0 bridgehead atoms. The van der Waals surface area contributed by atoms with Crippen molar-refractivity contribution in [1.82, 2.24) is 19.2 Å². The standard InChI is InChI=1S/C20H28N4O3/c1-22-12-17(11-21-22)20(25)23-13-18-3-2-7-24(18)19(14-23)6-10-27-15-16-4-8-26-9-5-16/h2-3,7,11-12,16,19H,4-6,8-10,13-15H2,1H3. The summed E-state index contributed by atoms with van der Waals surface area (Å²) in [6, 6.07) is 4.40. The Hall–Kier alpha value is -2.12. The third kappa shape index (κ3) is 4.25. The summed E-state index contributed by atoms with van der Waals surface area (Å²) in [5, 5.41) is 4.13. The lowest BCUT2D eigenvalue weighted by atomic mass is 10.0. The molecule has 1 amide bonds. The van der Waals surface area contributed by atoms with Gasteiger partial charge in [-0.15, -0.1) is 0 Å². The fraction of sp³-hybridized carbons (Fsp3) is 0.600. The minimum absolute atomic E-state index is 0.0451. The van der Waals surface area contributed by atoms with Crippen molar-refractivity contribution in [3.8, 4) is 0 Å². The molecule has 0 N–H and O–H groups in total. The summed E-state index contributed by atoms with van der Waals surface area (Å²) in [6.45, 7) is 4.58. The van der Waals surface area contributed by atoms with Crippen molar-refractivity contribution in [3.05, 3.63) is 42.0 Å². The molecule has 2 aliphatic heterocycles. The van der Waals surface area contributed by atoms with Crippen LogP contribution in [-0.4, -0.2) is 58.1 Å². The van der Waals surface area contributed by atoms with Crippen molar-refractivity contribution in [3.63, 3.8) is 0 Å². The molecule has 4 heterocycles. The highest BCUT2D eigenvalue weighted by atomic mass is 16.5. The first kappa shape index (κ1) is 18.3. The van der Waals surface area contributed by atoms with Gasteiger partial charge < -0.3 is 18.9 Å². The Bertz CT molecular complexity index is 763. The van der Waals surface area contributed by atoms with E-state index in [-0.39, 0.29) is 11.9 Å². The predicted molar refractivity (Wildman–Crippen MR) is 100 cm³/mol. The van der Waals surface area contributed by atoms with Crippen molar-refractivity contribution in [2.45, 2.75) is 31.8 Å². The maximum absolute atomic E-state index is 12.8. The third-order valence-electron chi connectivity index (χ3n) is 5.57. The topological polar surface area (TPSA) is 61.5 Å². The minimum Gasteiger partial charge on any atom is -0.381 e. The molecule has 1 fully saturated rings. The van der Waals surface area contributed by atoms with Gasteiger partial charge in [-0.25, -0.2) is 0 Å². The summed E-state index contributed by atoms with van der Waals surface area (Å²) in [7, 11) is 1.83. The van der Waals surface area contributed by atoms with Gasteiger partial charge in [0.25, 0.3) is 5.91 Å². The monoisotopic (exact) mass is 372 g/mol. The molecule has 0 spiro atoms. The molecule has 0 radical (unpaired) electrons. The average molecular weight is 372 g/mol. The molecular weight excluding hydrogens is 344 g/mol. The van der Waals surface area contributed by atoms with E-state index in [0.717, 1.165) is 39.1 Å². The van der Waals surface area contributed by atoms with Gasteiger partial charge in [0.1, 0.15) is 0 Å². The van der Waals surface area contributed by atoms with E-state index in [9.17, 15) is 4.79 Å². The average Bonchev–Trinajstić information content (AvgIpc) is 3.34. The van der Waals surface area contributed by atoms with Gasteiger partial charge in [-0.2, -0.15) is 5.10 Å². The zero-order valence-corrected chi connectivity index (χ0v) is 15.9. The number of fused-ring (bicyclic) bond motifs is 1. The maximum Gasteiger partial charge on any atom is 0.257 e. The van der Waals surface area contributed by atoms with Crippen LogP contribution in [0.5, 0.6) is 0 Å². The molecule has 2 aliphatic rings. The first-order valence-electron chi connectivity index (χ1n) is 9.80. The SMILES string of the molecule is Cn1cc(C(=O)N2Cc3cccn3C(CCOCC3CCOCC3)C2)cn1. The molecule has 0 aliphatic carbocycles. The van der Waals surface area contributed by atoms with E-state index in [1.807, 2.05) is 11.9 Å². The lowest BCUT2D eigenvalue weighted by Gasteiger charge is -2.35. The summed E-state index contributed by atoms with van der Waals surface area (Å²) in [5.41, 5.74) is 1.82.